The molecule has 0 radical (unpaired) electrons. The van der Waals surface area contributed by atoms with Crippen LogP contribution in [0, 0.1) is 11.8 Å². The topological polar surface area (TPSA) is 198 Å². The summed E-state index contributed by atoms with van der Waals surface area (Å²) < 4.78 is 25.9. The van der Waals surface area contributed by atoms with Gasteiger partial charge in [0.1, 0.15) is 29.5 Å². The molecule has 4 aromatic heterocycles. The fourth-order valence-corrected chi connectivity index (χ4v) is 12.0. The van der Waals surface area contributed by atoms with Gasteiger partial charge in [0.2, 0.25) is 18.0 Å². The molecule has 17 nitrogen and oxygen atoms in total. The van der Waals surface area contributed by atoms with E-state index < -0.39 is 30.5 Å². The van der Waals surface area contributed by atoms with Crippen LogP contribution in [0.4, 0.5) is 9.59 Å². The van der Waals surface area contributed by atoms with Crippen LogP contribution in [0.5, 0.6) is 5.75 Å². The summed E-state index contributed by atoms with van der Waals surface area (Å²) in [6, 6.07) is 23.5. The number of alkyl carbamates (subject to hydrolysis) is 2. The number of fused-ring (bicyclic) bond motifs is 6. The van der Waals surface area contributed by atoms with Crippen LogP contribution in [-0.4, -0.2) is 111 Å². The summed E-state index contributed by atoms with van der Waals surface area (Å²) in [6.07, 6.45) is 6.41. The molecule has 0 spiro atoms. The number of methoxy groups -OCH3 is 2. The number of amides is 4. The van der Waals surface area contributed by atoms with Gasteiger partial charge in [-0.25, -0.2) is 19.6 Å². The molecule has 11 rings (SSSR count). The van der Waals surface area contributed by atoms with E-state index >= 15 is 0 Å². The molecular weight excluding hydrogens is 923 g/mol. The lowest BCUT2D eigenvalue weighted by Crippen LogP contribution is -2.53. The third-order valence-electron chi connectivity index (χ3n) is 14.6. The Morgan fingerprint density at radius 1 is 0.746 bits per heavy atom. The third kappa shape index (κ3) is 8.66. The van der Waals surface area contributed by atoms with E-state index in [0.717, 1.165) is 86.4 Å². The fourth-order valence-electron chi connectivity index (χ4n) is 11.0. The molecule has 5 atom stereocenters. The van der Waals surface area contributed by atoms with Gasteiger partial charge in [0.15, 0.2) is 0 Å². The Kier molecular flexibility index (Phi) is 12.5. The minimum absolute atomic E-state index is 0.0578. The van der Waals surface area contributed by atoms with Crippen molar-refractivity contribution in [1.29, 1.82) is 0 Å². The second-order valence-electron chi connectivity index (χ2n) is 19.2. The minimum atomic E-state index is -0.719. The maximum absolute atomic E-state index is 14.3. The van der Waals surface area contributed by atoms with Crippen molar-refractivity contribution in [3.05, 3.63) is 102 Å². The molecule has 0 bridgehead atoms. The molecule has 8 heterocycles. The average molecular weight is 980 g/mol. The van der Waals surface area contributed by atoms with Crippen molar-refractivity contribution in [2.75, 3.05) is 40.5 Å². The van der Waals surface area contributed by atoms with Gasteiger partial charge >= 0.3 is 12.2 Å². The number of ether oxygens (including phenoxy) is 4. The Bertz CT molecular complexity index is 3120. The zero-order chi connectivity index (χ0) is 48.9. The van der Waals surface area contributed by atoms with Gasteiger partial charge in [0.05, 0.1) is 66.2 Å². The summed E-state index contributed by atoms with van der Waals surface area (Å²) in [5.74, 6) is 1.66. The number of benzene rings is 3. The van der Waals surface area contributed by atoms with Crippen LogP contribution in [0.15, 0.2) is 85.2 Å². The van der Waals surface area contributed by atoms with Crippen LogP contribution in [0.2, 0.25) is 0 Å². The van der Waals surface area contributed by atoms with Crippen molar-refractivity contribution in [2.24, 2.45) is 11.8 Å². The number of nitrogens with one attached hydrogen (secondary N) is 4. The standard InChI is InChI=1S/C53H57N9O8S/c1-29(2)45(58-52(65)67-3)49(63)60-19-7-10-39(60)47-54-27-36(56-47)31-14-16-38-34(23-31)24-41-35-15-13-32(25-42(35)70-51(62(38)41)44-26-33-9-5-6-12-43(33)71-44)37-28-55-48(57-37)40-11-8-20-61(40)50(64)46(59-53(66)68-4)30-17-21-69-22-18-30/h5-6,9,12-16,23-30,39-40,45-46,51H,7-8,10-11,17-22H2,1-4H3,(H,54,56)(H,55,57)(H,58,65)(H,59,66)/t39-,40-,45+,46?,51?/m0/s1. The first kappa shape index (κ1) is 46.2. The molecular formula is C53H57N9O8S. The highest BCUT2D eigenvalue weighted by atomic mass is 32.1. The number of aromatic amines is 2. The van der Waals surface area contributed by atoms with Crippen molar-refractivity contribution >= 4 is 56.3 Å². The molecule has 4 N–H and O–H groups in total. The number of imidazole rings is 2. The molecule has 4 aliphatic rings. The number of hydrogen-bond donors (Lipinski definition) is 4. The SMILES string of the molecule is COC(=O)NC(C(=O)N1CCC[C@H]1c1ncc(-c2ccc3c(c2)OC(c2cc4ccccc4s2)n2c-3cc3cc(-c4cnc([C@@H]5CCCN5C(=O)[C@H](NC(=O)OC)C(C)C)[nH]4)ccc32)[nH]1)C1CCOCC1. The van der Waals surface area contributed by atoms with Crippen LogP contribution < -0.4 is 15.4 Å². The normalized spacial score (nSPS) is 19.9. The number of carbonyl (C=O) groups excluding carboxylic acids is 4. The van der Waals surface area contributed by atoms with Crippen molar-refractivity contribution < 1.29 is 38.1 Å². The summed E-state index contributed by atoms with van der Waals surface area (Å²) in [7, 11) is 2.60. The highest BCUT2D eigenvalue weighted by Gasteiger charge is 2.41. The predicted molar refractivity (Wildman–Crippen MR) is 268 cm³/mol. The Hall–Kier alpha value is -7.18. The van der Waals surface area contributed by atoms with Gasteiger partial charge in [-0.15, -0.1) is 11.3 Å². The van der Waals surface area contributed by atoms with E-state index in [1.54, 1.807) is 11.3 Å². The predicted octanol–water partition coefficient (Wildman–Crippen LogP) is 9.10. The monoisotopic (exact) mass is 979 g/mol. The zero-order valence-corrected chi connectivity index (χ0v) is 40.9. The molecule has 3 fully saturated rings. The molecule has 2 unspecified atom stereocenters. The Labute approximate surface area is 414 Å². The van der Waals surface area contributed by atoms with Crippen LogP contribution in [0.3, 0.4) is 0 Å². The van der Waals surface area contributed by atoms with Crippen LogP contribution in [0.1, 0.15) is 87.2 Å². The molecule has 71 heavy (non-hydrogen) atoms. The quantitative estimate of drug-likeness (QED) is 0.0970. The van der Waals surface area contributed by atoms with Crippen molar-refractivity contribution in [3.8, 4) is 39.5 Å². The summed E-state index contributed by atoms with van der Waals surface area (Å²) in [5, 5.41) is 7.75. The van der Waals surface area contributed by atoms with E-state index in [1.807, 2.05) is 36.0 Å². The second kappa shape index (κ2) is 19.2. The number of hydrogen-bond acceptors (Lipinski definition) is 11. The lowest BCUT2D eigenvalue weighted by Gasteiger charge is -2.34. The largest absolute Gasteiger partial charge is 0.464 e. The molecule has 3 saturated heterocycles. The minimum Gasteiger partial charge on any atom is -0.464 e. The summed E-state index contributed by atoms with van der Waals surface area (Å²) in [4.78, 5) is 74.2. The fraction of sp³-hybridized carbons (Fsp3) is 0.396. The first-order valence-electron chi connectivity index (χ1n) is 24.5. The van der Waals surface area contributed by atoms with Gasteiger partial charge in [0, 0.05) is 53.1 Å². The molecule has 3 aromatic carbocycles. The highest BCUT2D eigenvalue weighted by molar-refractivity contribution is 7.19. The van der Waals surface area contributed by atoms with Crippen LogP contribution in [-0.2, 0) is 23.8 Å². The Morgan fingerprint density at radius 3 is 2.07 bits per heavy atom. The van der Waals surface area contributed by atoms with E-state index in [-0.39, 0.29) is 35.7 Å². The number of rotatable bonds is 11. The van der Waals surface area contributed by atoms with Crippen molar-refractivity contribution in [2.45, 2.75) is 82.8 Å². The van der Waals surface area contributed by atoms with E-state index in [4.69, 9.17) is 28.9 Å². The molecule has 7 aromatic rings. The van der Waals surface area contributed by atoms with Gasteiger partial charge in [-0.1, -0.05) is 44.2 Å². The highest BCUT2D eigenvalue weighted by Crippen LogP contribution is 2.48. The maximum Gasteiger partial charge on any atom is 0.407 e. The van der Waals surface area contributed by atoms with E-state index in [1.165, 1.54) is 18.9 Å². The molecule has 368 valence electrons. The van der Waals surface area contributed by atoms with E-state index in [9.17, 15) is 19.2 Å². The van der Waals surface area contributed by atoms with E-state index in [2.05, 4.69) is 98.0 Å². The van der Waals surface area contributed by atoms with Crippen molar-refractivity contribution in [3.63, 3.8) is 0 Å². The maximum atomic E-state index is 14.3. The second-order valence-corrected chi connectivity index (χ2v) is 20.3. The number of aromatic nitrogens is 5. The van der Waals surface area contributed by atoms with Crippen LogP contribution >= 0.6 is 11.3 Å². The average Bonchev–Trinajstić information content (AvgIpc) is 4.26. The van der Waals surface area contributed by atoms with Gasteiger partial charge in [-0.2, -0.15) is 0 Å². The number of thiophene rings is 1. The Morgan fingerprint density at radius 2 is 1.39 bits per heavy atom. The third-order valence-corrected chi connectivity index (χ3v) is 15.8. The van der Waals surface area contributed by atoms with Gasteiger partial charge < -0.3 is 49.3 Å². The molecule has 0 aliphatic carbocycles. The van der Waals surface area contributed by atoms with Crippen LogP contribution in [0.25, 0.3) is 54.8 Å². The first-order chi connectivity index (χ1) is 34.6. The smallest absolute Gasteiger partial charge is 0.407 e. The van der Waals surface area contributed by atoms with E-state index in [0.29, 0.717) is 50.8 Å². The summed E-state index contributed by atoms with van der Waals surface area (Å²) >= 11 is 1.72. The Balaban J connectivity index is 0.895. The van der Waals surface area contributed by atoms with Gasteiger partial charge in [-0.3, -0.25) is 14.2 Å². The van der Waals surface area contributed by atoms with Gasteiger partial charge in [0.25, 0.3) is 0 Å². The van der Waals surface area contributed by atoms with Gasteiger partial charge in [-0.05, 0) is 98.2 Å². The number of carbonyl (C=O) groups is 4. The summed E-state index contributed by atoms with van der Waals surface area (Å²) in [6.45, 7) is 6.03. The summed E-state index contributed by atoms with van der Waals surface area (Å²) in [5.41, 5.74) is 6.46. The first-order valence-corrected chi connectivity index (χ1v) is 25.3. The lowest BCUT2D eigenvalue weighted by atomic mass is 9.90. The molecule has 18 heteroatoms. The lowest BCUT2D eigenvalue weighted by molar-refractivity contribution is -0.137. The number of likely N-dealkylation sites (tertiary alicyclic amines) is 2. The molecule has 4 aliphatic heterocycles. The molecule has 0 saturated carbocycles. The van der Waals surface area contributed by atoms with Crippen molar-refractivity contribution in [1.82, 2.24) is 44.9 Å². The number of H-pyrrole nitrogens is 2. The number of nitrogens with zero attached hydrogens (tertiary/aromatic N) is 5. The molecule has 4 amide bonds. The zero-order valence-electron chi connectivity index (χ0n) is 40.1.